The number of allylic oxidation sites excluding steroid dienone is 1. The summed E-state index contributed by atoms with van der Waals surface area (Å²) in [6, 6.07) is 10.1. The molecule has 0 radical (unpaired) electrons. The zero-order valence-corrected chi connectivity index (χ0v) is 10.5. The third kappa shape index (κ3) is 3.28. The van der Waals surface area contributed by atoms with Crippen molar-refractivity contribution in [1.82, 2.24) is 15.0 Å². The molecule has 0 aliphatic heterocycles. The molecule has 0 saturated heterocycles. The zero-order chi connectivity index (χ0) is 12.3. The molecule has 0 bridgehead atoms. The molecule has 0 amide bonds. The van der Waals surface area contributed by atoms with Crippen molar-refractivity contribution in [2.24, 2.45) is 5.41 Å². The summed E-state index contributed by atoms with van der Waals surface area (Å²) in [6.07, 6.45) is 5.98. The maximum absolute atomic E-state index is 4.15. The lowest BCUT2D eigenvalue weighted by molar-refractivity contribution is 0.544. The average Bonchev–Trinajstić information content (AvgIpc) is 2.75. The maximum atomic E-state index is 4.15. The van der Waals surface area contributed by atoms with E-state index in [2.05, 4.69) is 37.2 Å². The normalized spacial score (nSPS) is 12.2. The maximum Gasteiger partial charge on any atom is 0.113 e. The lowest BCUT2D eigenvalue weighted by atomic mass is 9.97. The molecule has 0 aliphatic rings. The van der Waals surface area contributed by atoms with E-state index in [0.29, 0.717) is 0 Å². The molecule has 0 unspecified atom stereocenters. The van der Waals surface area contributed by atoms with Crippen molar-refractivity contribution in [2.75, 3.05) is 0 Å². The fourth-order valence-electron chi connectivity index (χ4n) is 1.39. The third-order valence-corrected chi connectivity index (χ3v) is 2.31. The van der Waals surface area contributed by atoms with E-state index >= 15 is 0 Å². The third-order valence-electron chi connectivity index (χ3n) is 2.31. The van der Waals surface area contributed by atoms with Crippen LogP contribution in [0.4, 0.5) is 0 Å². The van der Waals surface area contributed by atoms with Crippen molar-refractivity contribution < 1.29 is 0 Å². The predicted molar refractivity (Wildman–Crippen MR) is 70.2 cm³/mol. The van der Waals surface area contributed by atoms with E-state index in [-0.39, 0.29) is 5.41 Å². The molecule has 0 atom stereocenters. The van der Waals surface area contributed by atoms with Crippen LogP contribution in [0.1, 0.15) is 20.8 Å². The van der Waals surface area contributed by atoms with Gasteiger partial charge in [0.1, 0.15) is 5.69 Å². The molecule has 2 aromatic rings. The minimum Gasteiger partial charge on any atom is -0.228 e. The van der Waals surface area contributed by atoms with E-state index in [1.807, 2.05) is 42.7 Å². The molecule has 2 rings (SSSR count). The summed E-state index contributed by atoms with van der Waals surface area (Å²) in [4.78, 5) is 0. The van der Waals surface area contributed by atoms with Crippen LogP contribution in [0, 0.1) is 5.41 Å². The van der Waals surface area contributed by atoms with Crippen LogP contribution < -0.4 is 0 Å². The summed E-state index contributed by atoms with van der Waals surface area (Å²) >= 11 is 0. The van der Waals surface area contributed by atoms with Crippen molar-refractivity contribution in [3.63, 3.8) is 0 Å². The lowest BCUT2D eigenvalue weighted by Gasteiger charge is -2.10. The van der Waals surface area contributed by atoms with E-state index in [1.165, 1.54) is 0 Å². The van der Waals surface area contributed by atoms with Gasteiger partial charge in [-0.25, -0.2) is 4.68 Å². The molecule has 1 aromatic heterocycles. The SMILES string of the molecule is CC(C)(C)C=Cn1cc(-c2ccccc2)nn1. The highest BCUT2D eigenvalue weighted by molar-refractivity contribution is 5.57. The van der Waals surface area contributed by atoms with E-state index in [9.17, 15) is 0 Å². The smallest absolute Gasteiger partial charge is 0.113 e. The molecule has 0 spiro atoms. The first kappa shape index (κ1) is 11.6. The van der Waals surface area contributed by atoms with Gasteiger partial charge >= 0.3 is 0 Å². The van der Waals surface area contributed by atoms with Gasteiger partial charge in [0.25, 0.3) is 0 Å². The first-order valence-corrected chi connectivity index (χ1v) is 5.71. The van der Waals surface area contributed by atoms with Crippen LogP contribution in [0.2, 0.25) is 0 Å². The molecule has 17 heavy (non-hydrogen) atoms. The Morgan fingerprint density at radius 3 is 2.47 bits per heavy atom. The van der Waals surface area contributed by atoms with Gasteiger partial charge in [-0.05, 0) is 5.41 Å². The Kier molecular flexibility index (Phi) is 3.09. The van der Waals surface area contributed by atoms with Crippen molar-refractivity contribution in [2.45, 2.75) is 20.8 Å². The van der Waals surface area contributed by atoms with Gasteiger partial charge in [-0.1, -0.05) is 62.4 Å². The van der Waals surface area contributed by atoms with Crippen LogP contribution in [0.15, 0.2) is 42.6 Å². The zero-order valence-electron chi connectivity index (χ0n) is 10.5. The van der Waals surface area contributed by atoms with Gasteiger partial charge in [-0.15, -0.1) is 5.10 Å². The largest absolute Gasteiger partial charge is 0.228 e. The average molecular weight is 227 g/mol. The summed E-state index contributed by atoms with van der Waals surface area (Å²) in [5.74, 6) is 0. The highest BCUT2D eigenvalue weighted by atomic mass is 15.4. The van der Waals surface area contributed by atoms with Crippen molar-refractivity contribution >= 4 is 6.20 Å². The molecule has 3 heteroatoms. The molecule has 1 aromatic carbocycles. The molecule has 0 aliphatic carbocycles. The molecule has 0 saturated carbocycles. The monoisotopic (exact) mass is 227 g/mol. The molecular weight excluding hydrogens is 210 g/mol. The Bertz CT molecular complexity index is 504. The second-order valence-corrected chi connectivity index (χ2v) is 5.13. The van der Waals surface area contributed by atoms with Gasteiger partial charge in [0, 0.05) is 11.8 Å². The number of aromatic nitrogens is 3. The first-order valence-electron chi connectivity index (χ1n) is 5.71. The molecule has 3 nitrogen and oxygen atoms in total. The van der Waals surface area contributed by atoms with Gasteiger partial charge in [0.15, 0.2) is 0 Å². The van der Waals surface area contributed by atoms with Crippen LogP contribution >= 0.6 is 0 Å². The van der Waals surface area contributed by atoms with E-state index < -0.39 is 0 Å². The minimum atomic E-state index is 0.152. The van der Waals surface area contributed by atoms with Gasteiger partial charge in [0.05, 0.1) is 6.20 Å². The van der Waals surface area contributed by atoms with Crippen LogP contribution in [-0.4, -0.2) is 15.0 Å². The lowest BCUT2D eigenvalue weighted by Crippen LogP contribution is -1.99. The summed E-state index contributed by atoms with van der Waals surface area (Å²) in [6.45, 7) is 6.45. The second-order valence-electron chi connectivity index (χ2n) is 5.13. The minimum absolute atomic E-state index is 0.152. The van der Waals surface area contributed by atoms with Gasteiger partial charge in [-0.2, -0.15) is 0 Å². The van der Waals surface area contributed by atoms with Crippen LogP contribution in [0.3, 0.4) is 0 Å². The van der Waals surface area contributed by atoms with E-state index in [1.54, 1.807) is 4.68 Å². The predicted octanol–water partition coefficient (Wildman–Crippen LogP) is 3.46. The fourth-order valence-corrected chi connectivity index (χ4v) is 1.39. The quantitative estimate of drug-likeness (QED) is 0.786. The summed E-state index contributed by atoms with van der Waals surface area (Å²) in [5.41, 5.74) is 2.13. The number of benzene rings is 1. The van der Waals surface area contributed by atoms with Gasteiger partial charge < -0.3 is 0 Å². The van der Waals surface area contributed by atoms with Crippen LogP contribution in [0.25, 0.3) is 17.5 Å². The standard InChI is InChI=1S/C14H17N3/c1-14(2,3)9-10-17-11-13(15-16-17)12-7-5-4-6-8-12/h4-11H,1-3H3. The van der Waals surface area contributed by atoms with Crippen LogP contribution in [-0.2, 0) is 0 Å². The number of nitrogens with zero attached hydrogens (tertiary/aromatic N) is 3. The number of hydrogen-bond donors (Lipinski definition) is 0. The summed E-state index contributed by atoms with van der Waals surface area (Å²) in [5, 5.41) is 8.22. The van der Waals surface area contributed by atoms with Gasteiger partial charge in [0.2, 0.25) is 0 Å². The molecule has 0 N–H and O–H groups in total. The van der Waals surface area contributed by atoms with E-state index in [0.717, 1.165) is 11.3 Å². The number of hydrogen-bond acceptors (Lipinski definition) is 2. The Balaban J connectivity index is 2.20. The van der Waals surface area contributed by atoms with Crippen molar-refractivity contribution in [3.8, 4) is 11.3 Å². The molecule has 88 valence electrons. The fraction of sp³-hybridized carbons (Fsp3) is 0.286. The Morgan fingerprint density at radius 2 is 1.82 bits per heavy atom. The highest BCUT2D eigenvalue weighted by Gasteiger charge is 2.05. The van der Waals surface area contributed by atoms with Crippen molar-refractivity contribution in [1.29, 1.82) is 0 Å². The molecule has 0 fully saturated rings. The summed E-state index contributed by atoms with van der Waals surface area (Å²) in [7, 11) is 0. The molecule has 1 heterocycles. The van der Waals surface area contributed by atoms with Crippen molar-refractivity contribution in [3.05, 3.63) is 42.6 Å². The number of rotatable bonds is 2. The Hall–Kier alpha value is -1.90. The van der Waals surface area contributed by atoms with Gasteiger partial charge in [-0.3, -0.25) is 0 Å². The highest BCUT2D eigenvalue weighted by Crippen LogP contribution is 2.17. The first-order chi connectivity index (χ1) is 8.04. The Labute approximate surface area is 102 Å². The summed E-state index contributed by atoms with van der Waals surface area (Å²) < 4.78 is 1.74. The second kappa shape index (κ2) is 4.53. The Morgan fingerprint density at radius 1 is 1.12 bits per heavy atom. The molecular formula is C14H17N3. The van der Waals surface area contributed by atoms with E-state index in [4.69, 9.17) is 0 Å². The topological polar surface area (TPSA) is 30.7 Å². The van der Waals surface area contributed by atoms with Crippen LogP contribution in [0.5, 0.6) is 0 Å².